The summed E-state index contributed by atoms with van der Waals surface area (Å²) in [6.07, 6.45) is 2.81. The van der Waals surface area contributed by atoms with Crippen molar-refractivity contribution in [2.24, 2.45) is 0 Å². The number of anilines is 1. The molecule has 3 aromatic carbocycles. The molecule has 0 fully saturated rings. The van der Waals surface area contributed by atoms with Gasteiger partial charge in [0.2, 0.25) is 0 Å². The maximum atomic E-state index is 11.2. The van der Waals surface area contributed by atoms with Crippen molar-refractivity contribution in [2.45, 2.75) is 0 Å². The Kier molecular flexibility index (Phi) is 13.8. The van der Waals surface area contributed by atoms with Crippen LogP contribution in [0.1, 0.15) is 10.4 Å². The summed E-state index contributed by atoms with van der Waals surface area (Å²) in [5, 5.41) is 7.26. The molecule has 0 radical (unpaired) electrons. The molecule has 0 aliphatic carbocycles. The Morgan fingerprint density at radius 3 is 1.84 bits per heavy atom. The summed E-state index contributed by atoms with van der Waals surface area (Å²) in [4.78, 5) is 36.2. The molecule has 0 bridgehead atoms. The number of hydrogen-bond acceptors (Lipinski definition) is 10. The summed E-state index contributed by atoms with van der Waals surface area (Å²) < 4.78 is 24.4. The van der Waals surface area contributed by atoms with Crippen LogP contribution in [-0.2, 0) is 4.57 Å². The highest BCUT2D eigenvalue weighted by molar-refractivity contribution is 8.24. The van der Waals surface area contributed by atoms with Crippen molar-refractivity contribution in [2.75, 3.05) is 27.1 Å². The number of nitrogens with zero attached hydrogens (tertiary/aromatic N) is 3. The Balaban J connectivity index is 0.000000209. The largest absolute Gasteiger partial charge is 0.497 e. The zero-order chi connectivity index (χ0) is 32.2. The van der Waals surface area contributed by atoms with Gasteiger partial charge in [-0.15, -0.1) is 0 Å². The summed E-state index contributed by atoms with van der Waals surface area (Å²) in [6.45, 7) is 0. The van der Waals surface area contributed by atoms with Crippen molar-refractivity contribution in [1.29, 1.82) is 0 Å². The highest BCUT2D eigenvalue weighted by Gasteiger charge is 2.07. The quantitative estimate of drug-likeness (QED) is 0.100. The van der Waals surface area contributed by atoms with E-state index in [0.29, 0.717) is 27.6 Å². The predicted molar refractivity (Wildman–Crippen MR) is 170 cm³/mol. The number of nitrogen functional groups attached to an aromatic ring is 1. The van der Waals surface area contributed by atoms with Crippen LogP contribution >= 0.6 is 50.5 Å². The molecule has 12 nitrogen and oxygen atoms in total. The zero-order valence-electron chi connectivity index (χ0n) is 22.6. The molecular weight excluding hydrogens is 667 g/mol. The lowest BCUT2D eigenvalue weighted by molar-refractivity contribution is 0.0698. The lowest BCUT2D eigenvalue weighted by Gasteiger charge is -2.03. The molecule has 5 aromatic rings. The second-order valence-corrected chi connectivity index (χ2v) is 14.8. The summed E-state index contributed by atoms with van der Waals surface area (Å²) >= 11 is 19.7. The van der Waals surface area contributed by atoms with Gasteiger partial charge in [0.1, 0.15) is 28.7 Å². The molecule has 0 saturated heterocycles. The van der Waals surface area contributed by atoms with Gasteiger partial charge in [0.25, 0.3) is 5.56 Å². The van der Waals surface area contributed by atoms with Gasteiger partial charge >= 0.3 is 11.2 Å². The van der Waals surface area contributed by atoms with Gasteiger partial charge in [0.15, 0.2) is 0 Å². The Labute approximate surface area is 264 Å². The molecule has 0 atom stereocenters. The van der Waals surface area contributed by atoms with Crippen LogP contribution in [0.4, 0.5) is 5.69 Å². The van der Waals surface area contributed by atoms with Gasteiger partial charge in [-0.05, 0) is 70.1 Å². The van der Waals surface area contributed by atoms with Crippen LogP contribution in [-0.4, -0.2) is 52.3 Å². The van der Waals surface area contributed by atoms with Crippen molar-refractivity contribution >= 4 is 84.0 Å². The number of aromatic amines is 1. The van der Waals surface area contributed by atoms with E-state index in [1.807, 2.05) is 18.2 Å². The number of carboxylic acids is 1. The Morgan fingerprint density at radius 2 is 1.33 bits per heavy atom. The lowest BCUT2D eigenvalue weighted by atomic mass is 10.2. The topological polar surface area (TPSA) is 180 Å². The Hall–Kier alpha value is -3.80. The average molecular weight is 691 g/mol. The van der Waals surface area contributed by atoms with E-state index >= 15 is 0 Å². The standard InChI is InChI=1S/C9H7ClN2O.C9H8N2O2.C8H9NO3.Cl3OP/c1-13-6-2-3-7-8(4-6)11-5-12-9(7)10;1-13-6-2-3-7-8(4-6)10-5-11-9(7)12;1-12-5-2-3-6(8(10)11)7(9)4-5;1-5(2,3)4/h2-5H,1H3;2-5H,1H3,(H,10,11,12);2-4H,9H2,1H3,(H,10,11);. The molecule has 2 aromatic heterocycles. The minimum absolute atomic E-state index is 0.0933. The van der Waals surface area contributed by atoms with Gasteiger partial charge in [0, 0.05) is 29.3 Å². The fraction of sp³-hybridized carbons (Fsp3) is 0.115. The molecular formula is C26H24Cl4N5O7P. The van der Waals surface area contributed by atoms with Gasteiger partial charge in [-0.3, -0.25) is 9.36 Å². The highest BCUT2D eigenvalue weighted by atomic mass is 36.0. The third kappa shape index (κ3) is 11.8. The van der Waals surface area contributed by atoms with E-state index in [2.05, 4.69) is 53.7 Å². The number of nitrogens with one attached hydrogen (secondary N) is 1. The molecule has 4 N–H and O–H groups in total. The molecule has 0 amide bonds. The van der Waals surface area contributed by atoms with Crippen molar-refractivity contribution in [3.8, 4) is 17.2 Å². The van der Waals surface area contributed by atoms with Gasteiger partial charge in [-0.1, -0.05) is 11.6 Å². The first-order chi connectivity index (χ1) is 20.3. The van der Waals surface area contributed by atoms with Crippen LogP contribution in [0.15, 0.2) is 72.0 Å². The molecule has 0 aliphatic heterocycles. The van der Waals surface area contributed by atoms with E-state index in [0.717, 1.165) is 16.7 Å². The van der Waals surface area contributed by atoms with Crippen molar-refractivity contribution < 1.29 is 28.7 Å². The van der Waals surface area contributed by atoms with Crippen molar-refractivity contribution in [1.82, 2.24) is 19.9 Å². The number of halogens is 4. The SMILES string of the molecule is COc1ccc(C(=O)O)c(N)c1.COc1ccc2c(=O)[nH]cnc2c1.COc1ccc2c(Cl)ncnc2c1.O=P(Cl)(Cl)Cl. The Morgan fingerprint density at radius 1 is 0.837 bits per heavy atom. The van der Waals surface area contributed by atoms with Crippen LogP contribution in [0.25, 0.3) is 21.8 Å². The summed E-state index contributed by atoms with van der Waals surface area (Å²) in [6, 6.07) is 15.1. The fourth-order valence-corrected chi connectivity index (χ4v) is 3.37. The van der Waals surface area contributed by atoms with E-state index in [9.17, 15) is 14.2 Å². The second-order valence-electron chi connectivity index (χ2n) is 7.82. The first-order valence-corrected chi connectivity index (χ1v) is 16.4. The number of methoxy groups -OCH3 is 3. The first-order valence-electron chi connectivity index (χ1n) is 11.6. The second kappa shape index (κ2) is 16.7. The highest BCUT2D eigenvalue weighted by Crippen LogP contribution is 2.61. The number of hydrogen-bond donors (Lipinski definition) is 3. The maximum absolute atomic E-state index is 11.2. The smallest absolute Gasteiger partial charge is 0.339 e. The number of ether oxygens (including phenoxy) is 3. The van der Waals surface area contributed by atoms with E-state index in [1.165, 1.54) is 31.9 Å². The van der Waals surface area contributed by atoms with E-state index < -0.39 is 11.2 Å². The molecule has 0 spiro atoms. The fourth-order valence-electron chi connectivity index (χ4n) is 3.17. The predicted octanol–water partition coefficient (Wildman–Crippen LogP) is 7.01. The number of fused-ring (bicyclic) bond motifs is 2. The molecule has 43 heavy (non-hydrogen) atoms. The minimum Gasteiger partial charge on any atom is -0.497 e. The van der Waals surface area contributed by atoms with Gasteiger partial charge in [-0.2, -0.15) is 0 Å². The summed E-state index contributed by atoms with van der Waals surface area (Å²) in [5.41, 5.74) is 7.04. The van der Waals surface area contributed by atoms with Crippen LogP contribution in [0.3, 0.4) is 0 Å². The number of aromatic nitrogens is 4. The number of aromatic carboxylic acids is 1. The van der Waals surface area contributed by atoms with Gasteiger partial charge < -0.3 is 30.0 Å². The third-order valence-corrected chi connectivity index (χ3v) is 5.43. The zero-order valence-corrected chi connectivity index (χ0v) is 26.5. The van der Waals surface area contributed by atoms with E-state index in [-0.39, 0.29) is 16.8 Å². The summed E-state index contributed by atoms with van der Waals surface area (Å²) in [7, 11) is 4.69. The average Bonchev–Trinajstić information content (AvgIpc) is 2.96. The van der Waals surface area contributed by atoms with E-state index in [1.54, 1.807) is 38.5 Å². The molecule has 0 unspecified atom stereocenters. The molecule has 17 heteroatoms. The third-order valence-electron chi connectivity index (χ3n) is 5.13. The molecule has 2 heterocycles. The minimum atomic E-state index is -3.22. The number of rotatable bonds is 4. The molecule has 5 rings (SSSR count). The monoisotopic (exact) mass is 689 g/mol. The number of H-pyrrole nitrogens is 1. The maximum Gasteiger partial charge on any atom is 0.339 e. The van der Waals surface area contributed by atoms with Crippen molar-refractivity contribution in [3.05, 3.63) is 88.3 Å². The van der Waals surface area contributed by atoms with Crippen LogP contribution in [0.5, 0.6) is 17.2 Å². The number of nitrogens with two attached hydrogens (primary N) is 1. The molecule has 0 saturated carbocycles. The number of benzene rings is 3. The van der Waals surface area contributed by atoms with Crippen LogP contribution < -0.4 is 25.5 Å². The molecule has 228 valence electrons. The van der Waals surface area contributed by atoms with Crippen LogP contribution in [0, 0.1) is 0 Å². The van der Waals surface area contributed by atoms with E-state index in [4.69, 9.17) is 36.7 Å². The normalized spacial score (nSPS) is 10.2. The van der Waals surface area contributed by atoms with Crippen molar-refractivity contribution in [3.63, 3.8) is 0 Å². The molecule has 0 aliphatic rings. The lowest BCUT2D eigenvalue weighted by Crippen LogP contribution is -2.05. The number of carboxylic acid groups (broad SMARTS) is 1. The van der Waals surface area contributed by atoms with Gasteiger partial charge in [-0.25, -0.2) is 19.7 Å². The first kappa shape index (κ1) is 35.4. The Bertz CT molecular complexity index is 1800. The van der Waals surface area contributed by atoms with Gasteiger partial charge in [0.05, 0.1) is 49.6 Å². The van der Waals surface area contributed by atoms with Crippen LogP contribution in [0.2, 0.25) is 5.15 Å². The summed E-state index contributed by atoms with van der Waals surface area (Å²) in [5.74, 6) is 0.987. The number of carbonyl (C=O) groups is 1.